The standard InChI is InChI=1S/C12H17BI2S.U/c1-5-6(2-3-13)12(16)10(14)9-7(5)4-8-11(9)15-8;/h4-12,16H,2-3H2,1H3;/q-2;/t5-,6?,7?,8+,9?,10?,11?,12?;/m1./s1. The third-order valence-corrected chi connectivity index (χ3v) is 11.2. The van der Waals surface area contributed by atoms with E-state index in [0.29, 0.717) is 26.5 Å². The van der Waals surface area contributed by atoms with Crippen LogP contribution in [0.2, 0.25) is 6.32 Å². The molecule has 0 aromatic rings. The first-order valence-corrected chi connectivity index (χ1v) is 10.4. The molecule has 0 aromatic heterocycles. The second kappa shape index (κ2) is 6.36. The summed E-state index contributed by atoms with van der Waals surface area (Å²) in [7, 11) is 5.76. The Balaban J connectivity index is 0.00000108. The van der Waals surface area contributed by atoms with E-state index in [2.05, 4.69) is 35.9 Å². The fourth-order valence-electron chi connectivity index (χ4n) is 3.72. The maximum Gasteiger partial charge on any atom is 0 e. The van der Waals surface area contributed by atoms with Gasteiger partial charge < -0.3 is 0 Å². The SMILES string of the molecule is [B]CCC1C(S)C(I)C2C([CH-][C@@H]3[I-]C23)[C@@H]1C.[U]. The van der Waals surface area contributed by atoms with E-state index in [4.69, 9.17) is 20.5 Å². The van der Waals surface area contributed by atoms with Gasteiger partial charge in [0.2, 0.25) is 0 Å². The molecule has 17 heavy (non-hydrogen) atoms. The molecule has 0 N–H and O–H groups in total. The van der Waals surface area contributed by atoms with Gasteiger partial charge in [-0.15, -0.1) is 0 Å². The Labute approximate surface area is 160 Å². The first-order chi connectivity index (χ1) is 7.65. The summed E-state index contributed by atoms with van der Waals surface area (Å²) < 4.78 is 2.99. The number of rotatable bonds is 2. The molecule has 6 unspecified atom stereocenters. The summed E-state index contributed by atoms with van der Waals surface area (Å²) >= 11 is 8.15. The summed E-state index contributed by atoms with van der Waals surface area (Å²) in [5.74, 6) is 3.43. The molecule has 1 saturated heterocycles. The van der Waals surface area contributed by atoms with Crippen molar-refractivity contribution in [1.82, 2.24) is 0 Å². The number of thiol groups is 1. The van der Waals surface area contributed by atoms with E-state index in [1.165, 1.54) is 0 Å². The predicted molar refractivity (Wildman–Crippen MR) is 77.3 cm³/mol. The normalized spacial score (nSPS) is 56.2. The number of alkyl halides is 3. The van der Waals surface area contributed by atoms with E-state index >= 15 is 0 Å². The smallest absolute Gasteiger partial charge is 0 e. The molecule has 3 rings (SSSR count). The molecule has 94 valence electrons. The molecular weight excluding hydrogens is 679 g/mol. The minimum atomic E-state index is 0. The molecule has 2 aliphatic carbocycles. The predicted octanol–water partition coefficient (Wildman–Crippen LogP) is -0.379. The largest absolute Gasteiger partial charge is 0 e. The molecule has 0 bridgehead atoms. The van der Waals surface area contributed by atoms with Crippen molar-refractivity contribution in [2.75, 3.05) is 0 Å². The molecule has 3 fully saturated rings. The number of hydrogen-bond donors (Lipinski definition) is 1. The maximum absolute atomic E-state index is 5.76. The van der Waals surface area contributed by atoms with Crippen LogP contribution in [0.1, 0.15) is 13.3 Å². The van der Waals surface area contributed by atoms with Gasteiger partial charge in [-0.25, -0.2) is 0 Å². The van der Waals surface area contributed by atoms with Crippen LogP contribution in [-0.2, 0) is 0 Å². The Kier molecular flexibility index (Phi) is 6.10. The minimum absolute atomic E-state index is 0. The van der Waals surface area contributed by atoms with Gasteiger partial charge in [-0.05, 0) is 0 Å². The summed E-state index contributed by atoms with van der Waals surface area (Å²) in [5, 5.41) is 0.581. The first-order valence-electron chi connectivity index (χ1n) is 6.14. The van der Waals surface area contributed by atoms with Gasteiger partial charge in [-0.3, -0.25) is 0 Å². The van der Waals surface area contributed by atoms with Crippen LogP contribution in [0.15, 0.2) is 0 Å². The van der Waals surface area contributed by atoms with Crippen LogP contribution < -0.4 is 21.2 Å². The van der Waals surface area contributed by atoms with Gasteiger partial charge >= 0.3 is 131 Å². The van der Waals surface area contributed by atoms with Gasteiger partial charge in [0.05, 0.1) is 0 Å². The van der Waals surface area contributed by atoms with Crippen LogP contribution in [0.25, 0.3) is 0 Å². The maximum atomic E-state index is 5.76. The third kappa shape index (κ3) is 2.81. The number of hydrogen-bond acceptors (Lipinski definition) is 1. The van der Waals surface area contributed by atoms with Crippen molar-refractivity contribution in [2.45, 2.75) is 36.7 Å². The molecule has 0 nitrogen and oxygen atoms in total. The van der Waals surface area contributed by atoms with Crippen molar-refractivity contribution >= 4 is 43.1 Å². The molecule has 3 aliphatic rings. The number of halogens is 2. The molecule has 0 spiro atoms. The van der Waals surface area contributed by atoms with E-state index in [9.17, 15) is 0 Å². The van der Waals surface area contributed by atoms with Crippen LogP contribution in [0, 0.1) is 61.2 Å². The van der Waals surface area contributed by atoms with Crippen LogP contribution in [0.5, 0.6) is 0 Å². The van der Waals surface area contributed by atoms with E-state index in [1.54, 1.807) is 0 Å². The molecule has 2 radical (unpaired) electrons. The van der Waals surface area contributed by atoms with Crippen molar-refractivity contribution in [3.05, 3.63) is 6.42 Å². The van der Waals surface area contributed by atoms with Gasteiger partial charge in [0.1, 0.15) is 0 Å². The summed E-state index contributed by atoms with van der Waals surface area (Å²) in [6.07, 6.45) is 4.71. The third-order valence-electron chi connectivity index (χ3n) is 4.66. The topological polar surface area (TPSA) is 0 Å². The second-order valence-corrected chi connectivity index (χ2v) is 11.0. The summed E-state index contributed by atoms with van der Waals surface area (Å²) in [6.45, 7) is 2.45. The summed E-state index contributed by atoms with van der Waals surface area (Å²) in [5.41, 5.74) is 0. The van der Waals surface area contributed by atoms with Crippen molar-refractivity contribution in [3.8, 4) is 0 Å². The van der Waals surface area contributed by atoms with Crippen molar-refractivity contribution < 1.29 is 52.3 Å². The first kappa shape index (κ1) is 16.3. The minimum Gasteiger partial charge on any atom is 0 e. The Bertz CT molecular complexity index is 292. The monoisotopic (exact) mass is 696 g/mol. The number of fused-ring (bicyclic) bond motifs is 3. The van der Waals surface area contributed by atoms with Crippen molar-refractivity contribution in [2.24, 2.45) is 23.7 Å². The average molecular weight is 696 g/mol. The van der Waals surface area contributed by atoms with Crippen molar-refractivity contribution in [1.29, 1.82) is 0 Å². The van der Waals surface area contributed by atoms with E-state index in [-0.39, 0.29) is 31.1 Å². The van der Waals surface area contributed by atoms with Gasteiger partial charge in [0, 0.05) is 31.1 Å². The van der Waals surface area contributed by atoms with Gasteiger partial charge in [0.25, 0.3) is 0 Å². The molecule has 1 aliphatic heterocycles. The summed E-state index contributed by atoms with van der Waals surface area (Å²) in [6, 6.07) is 0. The average Bonchev–Trinajstić information content (AvgIpc) is 2.93. The van der Waals surface area contributed by atoms with E-state index in [1.807, 2.05) is 0 Å². The van der Waals surface area contributed by atoms with E-state index in [0.717, 1.165) is 48.2 Å². The van der Waals surface area contributed by atoms with Crippen LogP contribution >= 0.6 is 35.2 Å². The zero-order valence-corrected chi connectivity index (χ0v) is 19.3. The zero-order chi connectivity index (χ0) is 11.4. The molecule has 1 heterocycles. The molecule has 5 heteroatoms. The zero-order valence-electron chi connectivity index (χ0n) is 9.89. The Morgan fingerprint density at radius 1 is 1.47 bits per heavy atom. The Hall–Kier alpha value is 2.93. The fraction of sp³-hybridized carbons (Fsp3) is 0.917. The molecular formula is C12H17BI2SU-2. The van der Waals surface area contributed by atoms with E-state index < -0.39 is 0 Å². The fourth-order valence-corrected chi connectivity index (χ4v) is 10.2. The second-order valence-electron chi connectivity index (χ2n) is 5.40. The molecule has 0 aromatic carbocycles. The Morgan fingerprint density at radius 2 is 2.18 bits per heavy atom. The van der Waals surface area contributed by atoms with Gasteiger partial charge in [-0.2, -0.15) is 0 Å². The molecule has 8 atom stereocenters. The van der Waals surface area contributed by atoms with Gasteiger partial charge in [0.15, 0.2) is 0 Å². The van der Waals surface area contributed by atoms with Crippen LogP contribution in [0.4, 0.5) is 0 Å². The van der Waals surface area contributed by atoms with Crippen molar-refractivity contribution in [3.63, 3.8) is 0 Å². The van der Waals surface area contributed by atoms with Gasteiger partial charge in [-0.1, -0.05) is 0 Å². The van der Waals surface area contributed by atoms with Crippen LogP contribution in [-0.4, -0.2) is 24.9 Å². The molecule has 0 amide bonds. The summed E-state index contributed by atoms with van der Waals surface area (Å²) in [4.78, 5) is 0. The van der Waals surface area contributed by atoms with Crippen LogP contribution in [0.3, 0.4) is 0 Å². The Morgan fingerprint density at radius 3 is 2.82 bits per heavy atom. The quantitative estimate of drug-likeness (QED) is 0.132. The molecule has 2 saturated carbocycles.